The van der Waals surface area contributed by atoms with Gasteiger partial charge in [0, 0.05) is 19.5 Å². The molecule has 0 aromatic heterocycles. The zero-order chi connectivity index (χ0) is 5.11. The Bertz CT molecular complexity index is 139. The van der Waals surface area contributed by atoms with Gasteiger partial charge in [0.2, 0.25) is 0 Å². The minimum Gasteiger partial charge on any atom is -0.412 e. The quantitative estimate of drug-likeness (QED) is 0.416. The van der Waals surface area contributed by atoms with Crippen LogP contribution < -0.4 is 0 Å². The number of hydrogen-bond acceptors (Lipinski definition) is 0. The number of benzene rings is 1. The minimum absolute atomic E-state index is 0. The molecule has 0 saturated carbocycles. The molecule has 0 bridgehead atoms. The molecular formula is C7H9OZn-. The third kappa shape index (κ3) is 4.19. The second kappa shape index (κ2) is 5.80. The van der Waals surface area contributed by atoms with Gasteiger partial charge >= 0.3 is 0 Å². The molecule has 0 unspecified atom stereocenters. The molecule has 1 aromatic carbocycles. The molecule has 2 N–H and O–H groups in total. The molecule has 0 heterocycles. The van der Waals surface area contributed by atoms with Crippen molar-refractivity contribution in [2.24, 2.45) is 0 Å². The van der Waals surface area contributed by atoms with Crippen LogP contribution in [0.15, 0.2) is 30.3 Å². The predicted octanol–water partition coefficient (Wildman–Crippen LogP) is 1.04. The van der Waals surface area contributed by atoms with Crippen LogP contribution in [0.25, 0.3) is 0 Å². The van der Waals surface area contributed by atoms with Gasteiger partial charge in [-0.3, -0.25) is 0 Å². The standard InChI is InChI=1S/C7H7.H2O.Zn/c1-7-5-3-2-4-6-7;;/h2-6H,1H2;1H2;/q-1;;. The summed E-state index contributed by atoms with van der Waals surface area (Å²) in [4.78, 5) is 0. The van der Waals surface area contributed by atoms with Gasteiger partial charge in [0.1, 0.15) is 0 Å². The van der Waals surface area contributed by atoms with E-state index in [1.165, 1.54) is 0 Å². The summed E-state index contributed by atoms with van der Waals surface area (Å²) < 4.78 is 0. The summed E-state index contributed by atoms with van der Waals surface area (Å²) >= 11 is 0. The Morgan fingerprint density at radius 2 is 1.44 bits per heavy atom. The van der Waals surface area contributed by atoms with Gasteiger partial charge in [-0.05, 0) is 0 Å². The maximum absolute atomic E-state index is 3.72. The SMILES string of the molecule is O.[CH2-]c1ccccc1.[Zn]. The molecule has 0 spiro atoms. The van der Waals surface area contributed by atoms with Crippen molar-refractivity contribution in [2.45, 2.75) is 0 Å². The fraction of sp³-hybridized carbons (Fsp3) is 0. The third-order valence-corrected chi connectivity index (χ3v) is 0.843. The average Bonchev–Trinajstić information content (AvgIpc) is 1.69. The van der Waals surface area contributed by atoms with Gasteiger partial charge in [0.05, 0.1) is 0 Å². The van der Waals surface area contributed by atoms with Crippen molar-refractivity contribution in [3.63, 3.8) is 0 Å². The van der Waals surface area contributed by atoms with E-state index in [9.17, 15) is 0 Å². The summed E-state index contributed by atoms with van der Waals surface area (Å²) in [5, 5.41) is 0. The molecule has 0 saturated heterocycles. The van der Waals surface area contributed by atoms with E-state index >= 15 is 0 Å². The van der Waals surface area contributed by atoms with Crippen LogP contribution in [0.2, 0.25) is 0 Å². The average molecular weight is 175 g/mol. The monoisotopic (exact) mass is 173 g/mol. The first-order valence-corrected chi connectivity index (χ1v) is 2.26. The normalized spacial score (nSPS) is 6.67. The van der Waals surface area contributed by atoms with Crippen molar-refractivity contribution in [3.05, 3.63) is 42.8 Å². The molecular weight excluding hydrogens is 165 g/mol. The predicted molar refractivity (Wildman–Crippen MR) is 34.5 cm³/mol. The van der Waals surface area contributed by atoms with Crippen molar-refractivity contribution in [1.29, 1.82) is 0 Å². The topological polar surface area (TPSA) is 31.5 Å². The van der Waals surface area contributed by atoms with Crippen LogP contribution in [-0.4, -0.2) is 5.48 Å². The molecule has 0 aliphatic rings. The van der Waals surface area contributed by atoms with Gasteiger partial charge in [-0.25, -0.2) is 0 Å². The van der Waals surface area contributed by atoms with E-state index in [1.807, 2.05) is 30.3 Å². The summed E-state index contributed by atoms with van der Waals surface area (Å²) in [6, 6.07) is 9.87. The van der Waals surface area contributed by atoms with E-state index in [0.29, 0.717) is 0 Å². The van der Waals surface area contributed by atoms with Crippen molar-refractivity contribution < 1.29 is 25.0 Å². The Morgan fingerprint density at radius 3 is 1.67 bits per heavy atom. The Morgan fingerprint density at radius 1 is 1.00 bits per heavy atom. The molecule has 0 aliphatic carbocycles. The van der Waals surface area contributed by atoms with E-state index in [0.717, 1.165) is 5.56 Å². The molecule has 9 heavy (non-hydrogen) atoms. The minimum atomic E-state index is 0. The summed E-state index contributed by atoms with van der Waals surface area (Å²) in [7, 11) is 0. The van der Waals surface area contributed by atoms with Crippen LogP contribution in [0.1, 0.15) is 5.56 Å². The van der Waals surface area contributed by atoms with Crippen molar-refractivity contribution in [2.75, 3.05) is 0 Å². The fourth-order valence-corrected chi connectivity index (χ4v) is 0.478. The van der Waals surface area contributed by atoms with Gasteiger partial charge in [0.25, 0.3) is 0 Å². The zero-order valence-corrected chi connectivity index (χ0v) is 8.27. The van der Waals surface area contributed by atoms with E-state index in [1.54, 1.807) is 0 Å². The zero-order valence-electron chi connectivity index (χ0n) is 5.30. The van der Waals surface area contributed by atoms with Crippen molar-refractivity contribution in [1.82, 2.24) is 0 Å². The molecule has 1 rings (SSSR count). The van der Waals surface area contributed by atoms with Gasteiger partial charge in [-0.2, -0.15) is 24.6 Å². The molecule has 0 atom stereocenters. The van der Waals surface area contributed by atoms with E-state index < -0.39 is 0 Å². The second-order valence-electron chi connectivity index (χ2n) is 1.49. The summed E-state index contributed by atoms with van der Waals surface area (Å²) in [6.45, 7) is 3.72. The first-order valence-electron chi connectivity index (χ1n) is 2.26. The Kier molecular flexibility index (Phi) is 7.39. The molecule has 2 heteroatoms. The second-order valence-corrected chi connectivity index (χ2v) is 1.49. The first-order chi connectivity index (χ1) is 3.39. The van der Waals surface area contributed by atoms with Crippen LogP contribution in [0.3, 0.4) is 0 Å². The molecule has 0 radical (unpaired) electrons. The molecule has 1 nitrogen and oxygen atoms in total. The summed E-state index contributed by atoms with van der Waals surface area (Å²) in [6.07, 6.45) is 0. The maximum atomic E-state index is 3.72. The van der Waals surface area contributed by atoms with Gasteiger partial charge in [-0.15, -0.1) is 12.1 Å². The van der Waals surface area contributed by atoms with Gasteiger partial charge in [0.15, 0.2) is 0 Å². The summed E-state index contributed by atoms with van der Waals surface area (Å²) in [5.41, 5.74) is 1.07. The molecule has 1 aromatic rings. The Balaban J connectivity index is 0. The molecule has 0 fully saturated rings. The van der Waals surface area contributed by atoms with Gasteiger partial charge < -0.3 is 5.48 Å². The first kappa shape index (κ1) is 11.5. The number of rotatable bonds is 0. The molecule has 0 aliphatic heterocycles. The van der Waals surface area contributed by atoms with E-state index in [-0.39, 0.29) is 25.0 Å². The molecule has 0 amide bonds. The molecule has 46 valence electrons. The third-order valence-electron chi connectivity index (χ3n) is 0.843. The van der Waals surface area contributed by atoms with Crippen LogP contribution in [0, 0.1) is 6.92 Å². The number of hydrogen-bond donors (Lipinski definition) is 0. The van der Waals surface area contributed by atoms with Crippen LogP contribution in [-0.2, 0) is 19.5 Å². The maximum Gasteiger partial charge on any atom is 0 e. The van der Waals surface area contributed by atoms with Crippen molar-refractivity contribution >= 4 is 0 Å². The Hall–Kier alpha value is -0.327. The summed E-state index contributed by atoms with van der Waals surface area (Å²) in [5.74, 6) is 0. The van der Waals surface area contributed by atoms with Crippen LogP contribution in [0.5, 0.6) is 0 Å². The van der Waals surface area contributed by atoms with Crippen LogP contribution >= 0.6 is 0 Å². The van der Waals surface area contributed by atoms with E-state index in [2.05, 4.69) is 6.92 Å². The van der Waals surface area contributed by atoms with Crippen molar-refractivity contribution in [3.8, 4) is 0 Å². The van der Waals surface area contributed by atoms with Crippen LogP contribution in [0.4, 0.5) is 0 Å². The fourth-order valence-electron chi connectivity index (χ4n) is 0.478. The van der Waals surface area contributed by atoms with Gasteiger partial charge in [-0.1, -0.05) is 6.07 Å². The Labute approximate surface area is 68.2 Å². The van der Waals surface area contributed by atoms with E-state index in [4.69, 9.17) is 0 Å². The smallest absolute Gasteiger partial charge is 0 e. The largest absolute Gasteiger partial charge is 0.412 e.